The lowest BCUT2D eigenvalue weighted by atomic mass is 10.1. The smallest absolute Gasteiger partial charge is 0.262 e. The summed E-state index contributed by atoms with van der Waals surface area (Å²) in [5, 5.41) is 15.7. The summed E-state index contributed by atoms with van der Waals surface area (Å²) < 4.78 is 24.5. The molecule has 168 valence electrons. The van der Waals surface area contributed by atoms with Crippen LogP contribution in [-0.2, 0) is 16.2 Å². The number of ether oxygens (including phenoxy) is 2. The van der Waals surface area contributed by atoms with E-state index in [9.17, 15) is 9.18 Å². The molecule has 1 N–H and O–H groups in total. The Morgan fingerprint density at radius 3 is 2.67 bits per heavy atom. The minimum atomic E-state index is -0.406. The maximum absolute atomic E-state index is 13.0. The van der Waals surface area contributed by atoms with Gasteiger partial charge in [-0.1, -0.05) is 23.4 Å². The summed E-state index contributed by atoms with van der Waals surface area (Å²) in [6, 6.07) is 18.0. The Balaban J connectivity index is 1.60. The molecule has 3 rings (SSSR count). The summed E-state index contributed by atoms with van der Waals surface area (Å²) in [5.41, 5.74) is 2.38. The third-order valence-electron chi connectivity index (χ3n) is 4.39. The van der Waals surface area contributed by atoms with Crippen molar-refractivity contribution in [3.05, 3.63) is 87.6 Å². The molecule has 0 radical (unpaired) electrons. The Morgan fingerprint density at radius 2 is 1.94 bits per heavy atom. The topological polar surface area (TPSA) is 92.9 Å². The van der Waals surface area contributed by atoms with Crippen molar-refractivity contribution in [3.8, 4) is 17.6 Å². The molecule has 0 unspecified atom stereocenters. The third-order valence-corrected chi connectivity index (χ3v) is 5.08. The molecule has 0 saturated carbocycles. The lowest BCUT2D eigenvalue weighted by Crippen LogP contribution is -2.20. The summed E-state index contributed by atoms with van der Waals surface area (Å²) in [6.45, 7) is -0.117. The van der Waals surface area contributed by atoms with Gasteiger partial charge in [-0.05, 0) is 58.4 Å². The van der Waals surface area contributed by atoms with E-state index in [1.54, 1.807) is 30.3 Å². The number of nitrogens with one attached hydrogen (secondary N) is 1. The Bertz CT molecular complexity index is 1190. The SMILES string of the molecule is COc1cc(/C=N\OCc2ccccc2C#N)c(Br)cc1OCC(=O)Nc1ccc(F)cc1. The Hall–Kier alpha value is -3.90. The number of carbonyl (C=O) groups is 1. The van der Waals surface area contributed by atoms with Crippen molar-refractivity contribution in [3.63, 3.8) is 0 Å². The number of nitrogens with zero attached hydrogens (tertiary/aromatic N) is 2. The zero-order valence-corrected chi connectivity index (χ0v) is 19.1. The van der Waals surface area contributed by atoms with E-state index in [1.807, 2.05) is 6.07 Å². The van der Waals surface area contributed by atoms with E-state index in [2.05, 4.69) is 32.5 Å². The highest BCUT2D eigenvalue weighted by atomic mass is 79.9. The minimum Gasteiger partial charge on any atom is -0.493 e. The number of methoxy groups -OCH3 is 1. The van der Waals surface area contributed by atoms with Gasteiger partial charge in [-0.15, -0.1) is 0 Å². The van der Waals surface area contributed by atoms with Crippen LogP contribution in [-0.4, -0.2) is 25.8 Å². The molecule has 3 aromatic rings. The quantitative estimate of drug-likeness (QED) is 0.321. The van der Waals surface area contributed by atoms with Crippen LogP contribution in [0.25, 0.3) is 0 Å². The zero-order valence-electron chi connectivity index (χ0n) is 17.5. The average Bonchev–Trinajstić information content (AvgIpc) is 2.83. The monoisotopic (exact) mass is 511 g/mol. The molecule has 0 aliphatic rings. The molecule has 33 heavy (non-hydrogen) atoms. The molecule has 0 atom stereocenters. The number of hydrogen-bond acceptors (Lipinski definition) is 6. The first kappa shape index (κ1) is 23.8. The molecule has 0 fully saturated rings. The Kier molecular flexibility index (Phi) is 8.38. The van der Waals surface area contributed by atoms with Crippen molar-refractivity contribution >= 4 is 33.7 Å². The molecule has 0 saturated heterocycles. The molecule has 3 aromatic carbocycles. The van der Waals surface area contributed by atoms with E-state index < -0.39 is 5.91 Å². The molecule has 9 heteroatoms. The van der Waals surface area contributed by atoms with Gasteiger partial charge in [-0.25, -0.2) is 4.39 Å². The van der Waals surface area contributed by atoms with E-state index in [1.165, 1.54) is 37.6 Å². The first-order valence-electron chi connectivity index (χ1n) is 9.69. The number of nitriles is 1. The second kappa shape index (κ2) is 11.6. The fourth-order valence-corrected chi connectivity index (χ4v) is 3.18. The molecule has 0 bridgehead atoms. The predicted molar refractivity (Wildman–Crippen MR) is 125 cm³/mol. The highest BCUT2D eigenvalue weighted by molar-refractivity contribution is 9.10. The van der Waals surface area contributed by atoms with Gasteiger partial charge in [0.2, 0.25) is 0 Å². The second-order valence-corrected chi connectivity index (χ2v) is 7.50. The summed E-state index contributed by atoms with van der Waals surface area (Å²) in [5.74, 6) is -0.0555. The van der Waals surface area contributed by atoms with Crippen LogP contribution >= 0.6 is 15.9 Å². The van der Waals surface area contributed by atoms with Crippen molar-refractivity contribution in [2.24, 2.45) is 5.16 Å². The highest BCUT2D eigenvalue weighted by Crippen LogP contribution is 2.33. The number of benzene rings is 3. The number of hydrogen-bond donors (Lipinski definition) is 1. The summed E-state index contributed by atoms with van der Waals surface area (Å²) in [6.07, 6.45) is 1.49. The minimum absolute atomic E-state index is 0.152. The standard InChI is InChI=1S/C24H19BrFN3O4/c1-31-22-10-18(13-28-33-14-17-5-3-2-4-16(17)12-27)21(25)11-23(22)32-15-24(30)29-20-8-6-19(26)7-9-20/h2-11,13H,14-15H2,1H3,(H,29,30)/b28-13-. The molecular weight excluding hydrogens is 493 g/mol. The van der Waals surface area contributed by atoms with Crippen molar-refractivity contribution in [2.45, 2.75) is 6.61 Å². The van der Waals surface area contributed by atoms with E-state index in [0.29, 0.717) is 32.8 Å². The van der Waals surface area contributed by atoms with E-state index in [-0.39, 0.29) is 19.0 Å². The molecular formula is C24H19BrFN3O4. The van der Waals surface area contributed by atoms with Gasteiger partial charge in [0, 0.05) is 21.3 Å². The number of anilines is 1. The van der Waals surface area contributed by atoms with Crippen molar-refractivity contribution < 1.29 is 23.5 Å². The maximum Gasteiger partial charge on any atom is 0.262 e. The molecule has 0 aliphatic carbocycles. The molecule has 0 heterocycles. The number of halogens is 2. The van der Waals surface area contributed by atoms with Gasteiger partial charge in [0.25, 0.3) is 5.91 Å². The maximum atomic E-state index is 13.0. The lowest BCUT2D eigenvalue weighted by Gasteiger charge is -2.13. The van der Waals surface area contributed by atoms with Crippen molar-refractivity contribution in [2.75, 3.05) is 19.0 Å². The molecule has 0 spiro atoms. The first-order chi connectivity index (χ1) is 16.0. The lowest BCUT2D eigenvalue weighted by molar-refractivity contribution is -0.118. The summed E-state index contributed by atoms with van der Waals surface area (Å²) in [7, 11) is 1.48. The van der Waals surface area contributed by atoms with E-state index in [0.717, 1.165) is 5.56 Å². The molecule has 0 aliphatic heterocycles. The number of amides is 1. The van der Waals surface area contributed by atoms with Crippen LogP contribution in [0, 0.1) is 17.1 Å². The summed E-state index contributed by atoms with van der Waals surface area (Å²) >= 11 is 3.44. The second-order valence-electron chi connectivity index (χ2n) is 6.65. The van der Waals surface area contributed by atoms with Gasteiger partial charge in [0.05, 0.1) is 25.0 Å². The zero-order chi connectivity index (χ0) is 23.6. The molecule has 0 aromatic heterocycles. The van der Waals surface area contributed by atoms with Crippen molar-refractivity contribution in [1.82, 2.24) is 0 Å². The largest absolute Gasteiger partial charge is 0.493 e. The van der Waals surface area contributed by atoms with Crippen LogP contribution in [0.3, 0.4) is 0 Å². The van der Waals surface area contributed by atoms with Crippen LogP contribution in [0.1, 0.15) is 16.7 Å². The van der Waals surface area contributed by atoms with Gasteiger partial charge in [-0.2, -0.15) is 5.26 Å². The highest BCUT2D eigenvalue weighted by Gasteiger charge is 2.12. The van der Waals surface area contributed by atoms with Crippen LogP contribution in [0.15, 0.2) is 70.3 Å². The van der Waals surface area contributed by atoms with Crippen LogP contribution < -0.4 is 14.8 Å². The van der Waals surface area contributed by atoms with Gasteiger partial charge >= 0.3 is 0 Å². The third kappa shape index (κ3) is 6.79. The molecule has 7 nitrogen and oxygen atoms in total. The van der Waals surface area contributed by atoms with Gasteiger partial charge in [-0.3, -0.25) is 4.79 Å². The average molecular weight is 512 g/mol. The number of rotatable bonds is 9. The van der Waals surface area contributed by atoms with Gasteiger partial charge < -0.3 is 19.6 Å². The van der Waals surface area contributed by atoms with Crippen molar-refractivity contribution in [1.29, 1.82) is 5.26 Å². The van der Waals surface area contributed by atoms with Gasteiger partial charge in [0.15, 0.2) is 18.1 Å². The van der Waals surface area contributed by atoms with Gasteiger partial charge in [0.1, 0.15) is 12.4 Å². The number of oxime groups is 1. The fourth-order valence-electron chi connectivity index (χ4n) is 2.75. The number of carbonyl (C=O) groups excluding carboxylic acids is 1. The van der Waals surface area contributed by atoms with Crippen LogP contribution in [0.4, 0.5) is 10.1 Å². The van der Waals surface area contributed by atoms with Crippen LogP contribution in [0.5, 0.6) is 11.5 Å². The first-order valence-corrected chi connectivity index (χ1v) is 10.5. The summed E-state index contributed by atoms with van der Waals surface area (Å²) in [4.78, 5) is 17.4. The van der Waals surface area contributed by atoms with Crippen LogP contribution in [0.2, 0.25) is 0 Å². The van der Waals surface area contributed by atoms with E-state index in [4.69, 9.17) is 19.6 Å². The Labute approximate surface area is 198 Å². The molecule has 1 amide bonds. The van der Waals surface area contributed by atoms with E-state index >= 15 is 0 Å². The predicted octanol–water partition coefficient (Wildman–Crippen LogP) is 5.04. The normalized spacial score (nSPS) is 10.5. The Morgan fingerprint density at radius 1 is 1.18 bits per heavy atom. The fraction of sp³-hybridized carbons (Fsp3) is 0.125.